The number of anilines is 2. The van der Waals surface area contributed by atoms with Gasteiger partial charge in [-0.15, -0.1) is 11.3 Å². The summed E-state index contributed by atoms with van der Waals surface area (Å²) in [4.78, 5) is 25.2. The molecule has 0 aliphatic carbocycles. The largest absolute Gasteiger partial charge is 0.495 e. The van der Waals surface area contributed by atoms with Gasteiger partial charge in [0, 0.05) is 17.8 Å². The molecule has 0 radical (unpaired) electrons. The highest BCUT2D eigenvalue weighted by molar-refractivity contribution is 7.92. The lowest BCUT2D eigenvalue weighted by Crippen LogP contribution is -2.21. The highest BCUT2D eigenvalue weighted by atomic mass is 32.2. The van der Waals surface area contributed by atoms with Crippen molar-refractivity contribution in [2.24, 2.45) is 0 Å². The Balaban J connectivity index is 1.64. The fourth-order valence-electron chi connectivity index (χ4n) is 2.72. The fourth-order valence-corrected chi connectivity index (χ4v) is 3.92. The van der Waals surface area contributed by atoms with E-state index in [2.05, 4.69) is 15.4 Å². The summed E-state index contributed by atoms with van der Waals surface area (Å²) in [5.74, 6) is -0.170. The van der Waals surface area contributed by atoms with Crippen LogP contribution in [0.3, 0.4) is 0 Å². The molecule has 3 aromatic rings. The van der Waals surface area contributed by atoms with Crippen LogP contribution in [0.2, 0.25) is 0 Å². The van der Waals surface area contributed by atoms with Gasteiger partial charge in [-0.3, -0.25) is 14.3 Å². The third kappa shape index (κ3) is 6.30. The van der Waals surface area contributed by atoms with Crippen LogP contribution >= 0.6 is 11.3 Å². The van der Waals surface area contributed by atoms with E-state index in [0.29, 0.717) is 28.4 Å². The summed E-state index contributed by atoms with van der Waals surface area (Å²) in [6.45, 7) is 0.345. The third-order valence-electron chi connectivity index (χ3n) is 4.17. The molecule has 0 saturated carbocycles. The van der Waals surface area contributed by atoms with Gasteiger partial charge in [0.05, 0.1) is 23.9 Å². The molecule has 1 aromatic heterocycles. The van der Waals surface area contributed by atoms with Crippen molar-refractivity contribution in [2.45, 2.75) is 6.54 Å². The average molecular weight is 460 g/mol. The van der Waals surface area contributed by atoms with Gasteiger partial charge in [0.2, 0.25) is 10.0 Å². The number of thiophene rings is 1. The first-order valence-corrected chi connectivity index (χ1v) is 11.9. The van der Waals surface area contributed by atoms with E-state index in [4.69, 9.17) is 4.74 Å². The Morgan fingerprint density at radius 2 is 1.77 bits per heavy atom. The number of methoxy groups -OCH3 is 1. The van der Waals surface area contributed by atoms with Gasteiger partial charge in [-0.25, -0.2) is 8.42 Å². The van der Waals surface area contributed by atoms with Crippen molar-refractivity contribution < 1.29 is 22.7 Å². The predicted molar refractivity (Wildman–Crippen MR) is 121 cm³/mol. The zero-order valence-electron chi connectivity index (χ0n) is 16.8. The van der Waals surface area contributed by atoms with E-state index in [1.807, 2.05) is 11.4 Å². The molecule has 3 N–H and O–H groups in total. The normalized spacial score (nSPS) is 10.9. The molecule has 162 valence electrons. The summed E-state index contributed by atoms with van der Waals surface area (Å²) < 4.78 is 30.6. The lowest BCUT2D eigenvalue weighted by molar-refractivity contribution is 0.0953. The molecule has 1 heterocycles. The number of carbonyl (C=O) groups is 2. The minimum absolute atomic E-state index is 0.144. The summed E-state index contributed by atoms with van der Waals surface area (Å²) in [6.07, 6.45) is 1.03. The molecule has 31 heavy (non-hydrogen) atoms. The number of ether oxygens (including phenoxy) is 1. The topological polar surface area (TPSA) is 114 Å². The Morgan fingerprint density at radius 3 is 2.39 bits per heavy atom. The molecule has 10 heteroatoms. The van der Waals surface area contributed by atoms with Crippen LogP contribution in [0.4, 0.5) is 11.4 Å². The molecule has 2 amide bonds. The predicted octanol–water partition coefficient (Wildman–Crippen LogP) is 3.31. The molecule has 0 bridgehead atoms. The van der Waals surface area contributed by atoms with E-state index in [9.17, 15) is 18.0 Å². The summed E-state index contributed by atoms with van der Waals surface area (Å²) in [7, 11) is -2.09. The number of rotatable bonds is 8. The second-order valence-corrected chi connectivity index (χ2v) is 9.30. The standard InChI is InChI=1S/C21H21N3O5S2/c1-29-18-10-9-16(12-17(18)24-31(2,27)28)23-20(25)15-7-5-14(6-8-15)13-22-21(26)19-4-3-11-30-19/h3-12,24H,13H2,1-2H3,(H,22,26)(H,23,25). The molecule has 0 spiro atoms. The van der Waals surface area contributed by atoms with Gasteiger partial charge in [0.15, 0.2) is 0 Å². The quantitative estimate of drug-likeness (QED) is 0.478. The summed E-state index contributed by atoms with van der Waals surface area (Å²) in [5, 5.41) is 7.39. The minimum atomic E-state index is -3.51. The molecule has 0 atom stereocenters. The van der Waals surface area contributed by atoms with Gasteiger partial charge in [0.25, 0.3) is 11.8 Å². The van der Waals surface area contributed by atoms with E-state index in [1.165, 1.54) is 24.5 Å². The SMILES string of the molecule is COc1ccc(NC(=O)c2ccc(CNC(=O)c3cccs3)cc2)cc1NS(C)(=O)=O. The zero-order chi connectivity index (χ0) is 22.4. The Bertz CT molecular complexity index is 1170. The number of carbonyl (C=O) groups excluding carboxylic acids is 2. The summed E-state index contributed by atoms with van der Waals surface area (Å²) >= 11 is 1.37. The molecular formula is C21H21N3O5S2. The lowest BCUT2D eigenvalue weighted by Gasteiger charge is -2.12. The van der Waals surface area contributed by atoms with Crippen molar-refractivity contribution >= 4 is 44.5 Å². The Morgan fingerprint density at radius 1 is 1.03 bits per heavy atom. The molecular weight excluding hydrogens is 438 g/mol. The van der Waals surface area contributed by atoms with Crippen LogP contribution in [-0.2, 0) is 16.6 Å². The maximum absolute atomic E-state index is 12.5. The van der Waals surface area contributed by atoms with E-state index in [0.717, 1.165) is 11.8 Å². The highest BCUT2D eigenvalue weighted by Crippen LogP contribution is 2.28. The van der Waals surface area contributed by atoms with Crippen molar-refractivity contribution in [2.75, 3.05) is 23.4 Å². The van der Waals surface area contributed by atoms with Crippen LogP contribution in [0.25, 0.3) is 0 Å². The second-order valence-electron chi connectivity index (χ2n) is 6.60. The van der Waals surface area contributed by atoms with Crippen molar-refractivity contribution in [3.8, 4) is 5.75 Å². The van der Waals surface area contributed by atoms with Gasteiger partial charge in [-0.2, -0.15) is 0 Å². The monoisotopic (exact) mass is 459 g/mol. The number of hydrogen-bond donors (Lipinski definition) is 3. The Labute approximate surface area is 184 Å². The third-order valence-corrected chi connectivity index (χ3v) is 5.63. The Hall–Kier alpha value is -3.37. The van der Waals surface area contributed by atoms with Crippen LogP contribution in [0.1, 0.15) is 25.6 Å². The average Bonchev–Trinajstić information content (AvgIpc) is 3.26. The van der Waals surface area contributed by atoms with Gasteiger partial charge in [-0.05, 0) is 47.3 Å². The van der Waals surface area contributed by atoms with Gasteiger partial charge in [-0.1, -0.05) is 18.2 Å². The lowest BCUT2D eigenvalue weighted by atomic mass is 10.1. The minimum Gasteiger partial charge on any atom is -0.495 e. The van der Waals surface area contributed by atoms with Crippen LogP contribution in [0.5, 0.6) is 5.75 Å². The van der Waals surface area contributed by atoms with E-state index in [-0.39, 0.29) is 17.5 Å². The zero-order valence-corrected chi connectivity index (χ0v) is 18.5. The van der Waals surface area contributed by atoms with E-state index < -0.39 is 10.0 Å². The van der Waals surface area contributed by atoms with Gasteiger partial charge >= 0.3 is 0 Å². The van der Waals surface area contributed by atoms with E-state index in [1.54, 1.807) is 42.5 Å². The van der Waals surface area contributed by atoms with Gasteiger partial charge in [0.1, 0.15) is 5.75 Å². The van der Waals surface area contributed by atoms with Crippen LogP contribution in [-0.4, -0.2) is 33.6 Å². The first-order chi connectivity index (χ1) is 14.7. The maximum atomic E-state index is 12.5. The van der Waals surface area contributed by atoms with Crippen molar-refractivity contribution in [3.05, 3.63) is 76.0 Å². The molecule has 0 fully saturated rings. The highest BCUT2D eigenvalue weighted by Gasteiger charge is 2.12. The van der Waals surface area contributed by atoms with E-state index >= 15 is 0 Å². The fraction of sp³-hybridized carbons (Fsp3) is 0.143. The van der Waals surface area contributed by atoms with Crippen LogP contribution < -0.4 is 20.1 Å². The number of amides is 2. The summed E-state index contributed by atoms with van der Waals surface area (Å²) in [6, 6.07) is 15.0. The molecule has 8 nitrogen and oxygen atoms in total. The molecule has 0 aliphatic heterocycles. The summed E-state index contributed by atoms with van der Waals surface area (Å²) in [5.41, 5.74) is 1.90. The second kappa shape index (κ2) is 9.63. The molecule has 2 aromatic carbocycles. The Kier molecular flexibility index (Phi) is 6.93. The smallest absolute Gasteiger partial charge is 0.261 e. The molecule has 3 rings (SSSR count). The molecule has 0 aliphatic rings. The molecule has 0 saturated heterocycles. The number of nitrogens with one attached hydrogen (secondary N) is 3. The first-order valence-electron chi connectivity index (χ1n) is 9.13. The van der Waals surface area contributed by atoms with Crippen molar-refractivity contribution in [1.82, 2.24) is 5.32 Å². The number of hydrogen-bond acceptors (Lipinski definition) is 6. The maximum Gasteiger partial charge on any atom is 0.261 e. The van der Waals surface area contributed by atoms with Crippen molar-refractivity contribution in [1.29, 1.82) is 0 Å². The molecule has 0 unspecified atom stereocenters. The van der Waals surface area contributed by atoms with Gasteiger partial charge < -0.3 is 15.4 Å². The van der Waals surface area contributed by atoms with Crippen LogP contribution in [0, 0.1) is 0 Å². The number of sulfonamides is 1. The first kappa shape index (κ1) is 22.3. The number of benzene rings is 2. The van der Waals surface area contributed by atoms with Crippen LogP contribution in [0.15, 0.2) is 60.0 Å². The van der Waals surface area contributed by atoms with Crippen molar-refractivity contribution in [3.63, 3.8) is 0 Å².